The molecule has 0 saturated heterocycles. The molecule has 1 unspecified atom stereocenters. The summed E-state index contributed by atoms with van der Waals surface area (Å²) in [5.74, 6) is 0.114. The van der Waals surface area contributed by atoms with Crippen LogP contribution < -0.4 is 21.1 Å². The molecular formula is C30H30F3N5O3. The number of rotatable bonds is 10. The second kappa shape index (κ2) is 11.6. The number of nitrogens with one attached hydrogen (secondary N) is 2. The maximum atomic E-state index is 13.6. The lowest BCUT2D eigenvalue weighted by Gasteiger charge is -2.22. The summed E-state index contributed by atoms with van der Waals surface area (Å²) in [4.78, 5) is 13.4. The number of hydrogen-bond acceptors (Lipinski definition) is 6. The van der Waals surface area contributed by atoms with Gasteiger partial charge >= 0.3 is 6.18 Å². The monoisotopic (exact) mass is 565 g/mol. The van der Waals surface area contributed by atoms with E-state index < -0.39 is 23.8 Å². The van der Waals surface area contributed by atoms with Crippen LogP contribution in [-0.4, -0.2) is 34.4 Å². The van der Waals surface area contributed by atoms with E-state index in [4.69, 9.17) is 10.5 Å². The van der Waals surface area contributed by atoms with Crippen LogP contribution >= 0.6 is 0 Å². The van der Waals surface area contributed by atoms with Crippen LogP contribution in [0.15, 0.2) is 72.8 Å². The first-order chi connectivity index (χ1) is 19.7. The molecule has 5 N–H and O–H groups in total. The molecule has 3 aromatic carbocycles. The summed E-state index contributed by atoms with van der Waals surface area (Å²) >= 11 is 0. The van der Waals surface area contributed by atoms with E-state index in [-0.39, 0.29) is 23.7 Å². The molecule has 1 aromatic heterocycles. The van der Waals surface area contributed by atoms with Gasteiger partial charge in [0.25, 0.3) is 5.91 Å². The molecule has 1 atom stereocenters. The van der Waals surface area contributed by atoms with Crippen molar-refractivity contribution in [1.82, 2.24) is 15.1 Å². The smallest absolute Gasteiger partial charge is 0.435 e. The predicted molar refractivity (Wildman–Crippen MR) is 148 cm³/mol. The lowest BCUT2D eigenvalue weighted by molar-refractivity contribution is -0.141. The number of halogens is 3. The Labute approximate surface area is 234 Å². The highest BCUT2D eigenvalue weighted by molar-refractivity contribution is 6.03. The van der Waals surface area contributed by atoms with Gasteiger partial charge in [-0.2, -0.15) is 18.3 Å². The minimum absolute atomic E-state index is 0.000951. The average Bonchev–Trinajstić information content (AvgIpc) is 3.67. The number of anilines is 1. The van der Waals surface area contributed by atoms with Crippen molar-refractivity contribution in [1.29, 1.82) is 0 Å². The molecule has 214 valence electrons. The second-order valence-corrected chi connectivity index (χ2v) is 9.96. The zero-order chi connectivity index (χ0) is 29.1. The predicted octanol–water partition coefficient (Wildman–Crippen LogP) is 5.41. The summed E-state index contributed by atoms with van der Waals surface area (Å²) < 4.78 is 47.0. The Morgan fingerprint density at radius 3 is 2.59 bits per heavy atom. The Bertz CT molecular complexity index is 1550. The second-order valence-electron chi connectivity index (χ2n) is 9.96. The maximum Gasteiger partial charge on any atom is 0.435 e. The third-order valence-electron chi connectivity index (χ3n) is 6.97. The molecule has 1 fully saturated rings. The van der Waals surface area contributed by atoms with Gasteiger partial charge in [-0.15, -0.1) is 0 Å². The standard InChI is InChI=1S/C30H30F3N5O3/c1-41-25-10-4-9-23(28(25)39)27(35-17-18-11-12-18)20-6-3-7-21(14-20)36-29(40)24-15-26(30(31,32)33)37-38(24)22-8-2-5-19(13-22)16-34/h2-10,13-15,18,27,35,39H,11-12,16-17,34H2,1H3,(H,36,40). The van der Waals surface area contributed by atoms with Gasteiger partial charge in [-0.05, 0) is 66.8 Å². The first-order valence-corrected chi connectivity index (χ1v) is 13.1. The number of ether oxygens (including phenoxy) is 1. The summed E-state index contributed by atoms with van der Waals surface area (Å²) in [6, 6.07) is 19.0. The third kappa shape index (κ3) is 6.36. The Hall–Kier alpha value is -4.35. The van der Waals surface area contributed by atoms with Gasteiger partial charge < -0.3 is 26.2 Å². The fourth-order valence-corrected chi connectivity index (χ4v) is 4.64. The molecule has 1 aliphatic carbocycles. The van der Waals surface area contributed by atoms with Gasteiger partial charge in [-0.3, -0.25) is 4.79 Å². The number of aromatic nitrogens is 2. The fourth-order valence-electron chi connectivity index (χ4n) is 4.64. The van der Waals surface area contributed by atoms with Gasteiger partial charge in [0, 0.05) is 23.9 Å². The topological polar surface area (TPSA) is 114 Å². The number of amides is 1. The summed E-state index contributed by atoms with van der Waals surface area (Å²) in [7, 11) is 1.48. The van der Waals surface area contributed by atoms with Crippen LogP contribution in [-0.2, 0) is 12.7 Å². The van der Waals surface area contributed by atoms with Gasteiger partial charge in [0.15, 0.2) is 17.2 Å². The number of para-hydroxylation sites is 1. The molecule has 41 heavy (non-hydrogen) atoms. The van der Waals surface area contributed by atoms with Crippen molar-refractivity contribution in [2.75, 3.05) is 19.0 Å². The highest BCUT2D eigenvalue weighted by atomic mass is 19.4. The minimum atomic E-state index is -4.75. The molecule has 8 nitrogen and oxygen atoms in total. The number of nitrogens with two attached hydrogens (primary N) is 1. The number of phenols is 1. The van der Waals surface area contributed by atoms with Crippen LogP contribution in [0.25, 0.3) is 5.69 Å². The van der Waals surface area contributed by atoms with E-state index in [1.54, 1.807) is 60.7 Å². The van der Waals surface area contributed by atoms with Crippen LogP contribution in [0, 0.1) is 5.92 Å². The fraction of sp³-hybridized carbons (Fsp3) is 0.267. The number of alkyl halides is 3. The molecule has 0 spiro atoms. The Morgan fingerprint density at radius 1 is 1.12 bits per heavy atom. The van der Waals surface area contributed by atoms with Crippen molar-refractivity contribution in [2.24, 2.45) is 11.7 Å². The van der Waals surface area contributed by atoms with E-state index in [0.29, 0.717) is 28.5 Å². The van der Waals surface area contributed by atoms with E-state index >= 15 is 0 Å². The van der Waals surface area contributed by atoms with Crippen LogP contribution in [0.5, 0.6) is 11.5 Å². The average molecular weight is 566 g/mol. The molecule has 5 rings (SSSR count). The molecule has 0 aliphatic heterocycles. The number of nitrogens with zero attached hydrogens (tertiary/aromatic N) is 2. The number of phenolic OH excluding ortho intramolecular Hbond substituents is 1. The number of carbonyl (C=O) groups excluding carboxylic acids is 1. The molecular weight excluding hydrogens is 535 g/mol. The molecule has 1 amide bonds. The Balaban J connectivity index is 1.47. The van der Waals surface area contributed by atoms with Gasteiger partial charge in [-0.25, -0.2) is 4.68 Å². The summed E-state index contributed by atoms with van der Waals surface area (Å²) in [5, 5.41) is 20.8. The molecule has 0 bridgehead atoms. The zero-order valence-corrected chi connectivity index (χ0v) is 22.3. The normalized spacial score (nSPS) is 14.1. The van der Waals surface area contributed by atoms with Gasteiger partial charge in [0.05, 0.1) is 18.8 Å². The number of methoxy groups -OCH3 is 1. The number of benzene rings is 3. The highest BCUT2D eigenvalue weighted by Gasteiger charge is 2.36. The van der Waals surface area contributed by atoms with Crippen molar-refractivity contribution in [3.63, 3.8) is 0 Å². The minimum Gasteiger partial charge on any atom is -0.504 e. The van der Waals surface area contributed by atoms with Crippen LogP contribution in [0.3, 0.4) is 0 Å². The highest BCUT2D eigenvalue weighted by Crippen LogP contribution is 2.38. The molecule has 11 heteroatoms. The lowest BCUT2D eigenvalue weighted by Crippen LogP contribution is -2.25. The lowest BCUT2D eigenvalue weighted by atomic mass is 9.96. The molecule has 4 aromatic rings. The number of hydrogen-bond donors (Lipinski definition) is 4. The quantitative estimate of drug-likeness (QED) is 0.205. The first-order valence-electron chi connectivity index (χ1n) is 13.1. The van der Waals surface area contributed by atoms with Crippen molar-refractivity contribution < 1.29 is 27.8 Å². The zero-order valence-electron chi connectivity index (χ0n) is 22.3. The summed E-state index contributed by atoms with van der Waals surface area (Å²) in [6.07, 6.45) is -2.49. The molecule has 1 aliphatic rings. The Morgan fingerprint density at radius 2 is 1.88 bits per heavy atom. The van der Waals surface area contributed by atoms with Crippen LogP contribution in [0.1, 0.15) is 51.8 Å². The van der Waals surface area contributed by atoms with Crippen molar-refractivity contribution >= 4 is 11.6 Å². The summed E-state index contributed by atoms with van der Waals surface area (Å²) in [6.45, 7) is 0.910. The number of carbonyl (C=O) groups is 1. The van der Waals surface area contributed by atoms with Gasteiger partial charge in [0.2, 0.25) is 0 Å². The van der Waals surface area contributed by atoms with Gasteiger partial charge in [-0.1, -0.05) is 36.4 Å². The SMILES string of the molecule is COc1cccc(C(NCC2CC2)c2cccc(NC(=O)c3cc(C(F)(F)F)nn3-c3cccc(CN)c3)c2)c1O. The van der Waals surface area contributed by atoms with E-state index in [1.165, 1.54) is 7.11 Å². The van der Waals surface area contributed by atoms with E-state index in [2.05, 4.69) is 15.7 Å². The van der Waals surface area contributed by atoms with Crippen molar-refractivity contribution in [2.45, 2.75) is 31.6 Å². The van der Waals surface area contributed by atoms with Crippen LogP contribution in [0.4, 0.5) is 18.9 Å². The number of aromatic hydroxyl groups is 1. The summed E-state index contributed by atoms with van der Waals surface area (Å²) in [5.41, 5.74) is 6.89. The van der Waals surface area contributed by atoms with E-state index in [1.807, 2.05) is 6.07 Å². The third-order valence-corrected chi connectivity index (χ3v) is 6.97. The van der Waals surface area contributed by atoms with Gasteiger partial charge in [0.1, 0.15) is 5.69 Å². The van der Waals surface area contributed by atoms with E-state index in [9.17, 15) is 23.1 Å². The Kier molecular flexibility index (Phi) is 8.00. The van der Waals surface area contributed by atoms with Crippen LogP contribution in [0.2, 0.25) is 0 Å². The molecule has 0 radical (unpaired) electrons. The molecule has 1 saturated carbocycles. The maximum absolute atomic E-state index is 13.6. The first kappa shape index (κ1) is 28.2. The molecule has 1 heterocycles. The largest absolute Gasteiger partial charge is 0.504 e. The van der Waals surface area contributed by atoms with E-state index in [0.717, 1.165) is 35.7 Å². The van der Waals surface area contributed by atoms with Crippen molar-refractivity contribution in [3.8, 4) is 17.2 Å². The van der Waals surface area contributed by atoms with Crippen molar-refractivity contribution in [3.05, 3.63) is 101 Å².